The number of carbonyl (C=O) groups is 1. The van der Waals surface area contributed by atoms with Crippen LogP contribution in [-0.4, -0.2) is 23.0 Å². The van der Waals surface area contributed by atoms with Crippen molar-refractivity contribution in [1.29, 1.82) is 0 Å². The first-order valence-electron chi connectivity index (χ1n) is 6.76. The number of halogens is 5. The zero-order valence-electron chi connectivity index (χ0n) is 13.4. The maximum Gasteiger partial charge on any atom is 0.416 e. The standard InChI is InChI=1S/C15H16F3N3OS.2ClH/c1-14(2,19)8-20-12(22)11-7-23-13(21-11)9-4-3-5-10(6-9)15(16,17)18;;/h3-7H,8,19H2,1-2H3,(H,20,22);2*1H. The highest BCUT2D eigenvalue weighted by atomic mass is 35.5. The van der Waals surface area contributed by atoms with E-state index in [1.165, 1.54) is 17.5 Å². The largest absolute Gasteiger partial charge is 0.416 e. The Balaban J connectivity index is 0.00000288. The number of rotatable bonds is 4. The number of nitrogens with zero attached hydrogens (tertiary/aromatic N) is 1. The van der Waals surface area contributed by atoms with Gasteiger partial charge in [-0.15, -0.1) is 36.2 Å². The molecule has 0 bridgehead atoms. The molecule has 1 amide bonds. The second-order valence-electron chi connectivity index (χ2n) is 5.79. The van der Waals surface area contributed by atoms with Crippen molar-refractivity contribution in [2.45, 2.75) is 25.6 Å². The van der Waals surface area contributed by atoms with Gasteiger partial charge in [0, 0.05) is 23.0 Å². The van der Waals surface area contributed by atoms with Crippen LogP contribution in [0.1, 0.15) is 29.9 Å². The molecule has 10 heteroatoms. The van der Waals surface area contributed by atoms with Gasteiger partial charge in [-0.3, -0.25) is 4.79 Å². The van der Waals surface area contributed by atoms with E-state index in [-0.39, 0.29) is 37.1 Å². The van der Waals surface area contributed by atoms with E-state index >= 15 is 0 Å². The van der Waals surface area contributed by atoms with Crippen molar-refractivity contribution in [3.63, 3.8) is 0 Å². The van der Waals surface area contributed by atoms with Crippen molar-refractivity contribution in [2.75, 3.05) is 6.54 Å². The Morgan fingerprint density at radius 2 is 1.92 bits per heavy atom. The van der Waals surface area contributed by atoms with Crippen LogP contribution >= 0.6 is 36.2 Å². The smallest absolute Gasteiger partial charge is 0.349 e. The van der Waals surface area contributed by atoms with Gasteiger partial charge in [-0.05, 0) is 26.0 Å². The van der Waals surface area contributed by atoms with Gasteiger partial charge in [0.05, 0.1) is 5.56 Å². The molecule has 0 saturated heterocycles. The summed E-state index contributed by atoms with van der Waals surface area (Å²) in [6, 6.07) is 4.85. The molecule has 0 unspecified atom stereocenters. The zero-order chi connectivity index (χ0) is 17.3. The Hall–Kier alpha value is -1.35. The highest BCUT2D eigenvalue weighted by Gasteiger charge is 2.30. The minimum absolute atomic E-state index is 0. The number of nitrogens with one attached hydrogen (secondary N) is 1. The van der Waals surface area contributed by atoms with Gasteiger partial charge in [0.25, 0.3) is 5.91 Å². The summed E-state index contributed by atoms with van der Waals surface area (Å²) in [4.78, 5) is 16.1. The van der Waals surface area contributed by atoms with Crippen molar-refractivity contribution in [1.82, 2.24) is 10.3 Å². The number of benzene rings is 1. The molecular weight excluding hydrogens is 398 g/mol. The number of nitrogens with two attached hydrogens (primary N) is 1. The first-order valence-corrected chi connectivity index (χ1v) is 7.64. The Kier molecular flexibility index (Phi) is 8.37. The van der Waals surface area contributed by atoms with Crippen LogP contribution in [0, 0.1) is 0 Å². The summed E-state index contributed by atoms with van der Waals surface area (Å²) < 4.78 is 38.2. The lowest BCUT2D eigenvalue weighted by Gasteiger charge is -2.18. The van der Waals surface area contributed by atoms with Crippen LogP contribution in [0.25, 0.3) is 10.6 Å². The van der Waals surface area contributed by atoms with Gasteiger partial charge in [-0.2, -0.15) is 13.2 Å². The Morgan fingerprint density at radius 1 is 1.28 bits per heavy atom. The molecule has 2 aromatic rings. The Morgan fingerprint density at radius 3 is 2.48 bits per heavy atom. The van der Waals surface area contributed by atoms with Crippen molar-refractivity contribution in [3.8, 4) is 10.6 Å². The summed E-state index contributed by atoms with van der Waals surface area (Å²) >= 11 is 1.11. The van der Waals surface area contributed by atoms with Crippen LogP contribution < -0.4 is 11.1 Å². The Bertz CT molecular complexity index is 715. The fraction of sp³-hybridized carbons (Fsp3) is 0.333. The lowest BCUT2D eigenvalue weighted by molar-refractivity contribution is -0.137. The minimum Gasteiger partial charge on any atom is -0.349 e. The molecule has 1 heterocycles. The third kappa shape index (κ3) is 6.81. The normalized spacial score (nSPS) is 11.3. The maximum absolute atomic E-state index is 12.7. The summed E-state index contributed by atoms with van der Waals surface area (Å²) in [6.07, 6.45) is -4.42. The van der Waals surface area contributed by atoms with Gasteiger partial charge < -0.3 is 11.1 Å². The van der Waals surface area contributed by atoms with Crippen molar-refractivity contribution >= 4 is 42.1 Å². The molecule has 0 fully saturated rings. The predicted octanol–water partition coefficient (Wildman–Crippen LogP) is 4.14. The number of hydrogen-bond donors (Lipinski definition) is 2. The van der Waals surface area contributed by atoms with Crippen LogP contribution in [0.3, 0.4) is 0 Å². The Labute approximate surface area is 159 Å². The highest BCUT2D eigenvalue weighted by molar-refractivity contribution is 7.13. The summed E-state index contributed by atoms with van der Waals surface area (Å²) in [5.74, 6) is -0.405. The molecule has 0 atom stereocenters. The molecule has 140 valence electrons. The average Bonchev–Trinajstić information content (AvgIpc) is 2.93. The molecule has 0 aliphatic heterocycles. The zero-order valence-corrected chi connectivity index (χ0v) is 15.8. The number of hydrogen-bond acceptors (Lipinski definition) is 4. The first-order chi connectivity index (χ1) is 10.6. The third-order valence-electron chi connectivity index (χ3n) is 2.88. The van der Waals surface area contributed by atoms with E-state index in [1.54, 1.807) is 13.8 Å². The van der Waals surface area contributed by atoms with Crippen molar-refractivity contribution in [2.24, 2.45) is 5.73 Å². The number of carbonyl (C=O) groups excluding carboxylic acids is 1. The molecule has 0 radical (unpaired) electrons. The number of aromatic nitrogens is 1. The van der Waals surface area contributed by atoms with E-state index in [4.69, 9.17) is 5.73 Å². The monoisotopic (exact) mass is 415 g/mol. The minimum atomic E-state index is -4.42. The molecule has 0 spiro atoms. The molecule has 0 aliphatic rings. The van der Waals surface area contributed by atoms with Gasteiger partial charge in [0.2, 0.25) is 0 Å². The van der Waals surface area contributed by atoms with Crippen LogP contribution in [0.4, 0.5) is 13.2 Å². The van der Waals surface area contributed by atoms with Gasteiger partial charge in [0.1, 0.15) is 10.7 Å². The van der Waals surface area contributed by atoms with Gasteiger partial charge >= 0.3 is 6.18 Å². The van der Waals surface area contributed by atoms with Gasteiger partial charge in [0.15, 0.2) is 0 Å². The highest BCUT2D eigenvalue weighted by Crippen LogP contribution is 2.33. The topological polar surface area (TPSA) is 68.0 Å². The lowest BCUT2D eigenvalue weighted by atomic mass is 10.1. The fourth-order valence-corrected chi connectivity index (χ4v) is 2.53. The van der Waals surface area contributed by atoms with E-state index in [0.717, 1.165) is 23.5 Å². The van der Waals surface area contributed by atoms with Gasteiger partial charge in [-0.1, -0.05) is 12.1 Å². The maximum atomic E-state index is 12.7. The molecule has 1 aromatic carbocycles. The van der Waals surface area contributed by atoms with Crippen molar-refractivity contribution < 1.29 is 18.0 Å². The van der Waals surface area contributed by atoms with Crippen LogP contribution in [0.15, 0.2) is 29.6 Å². The second-order valence-corrected chi connectivity index (χ2v) is 6.65. The molecule has 0 saturated carbocycles. The van der Waals surface area contributed by atoms with Gasteiger partial charge in [-0.25, -0.2) is 4.98 Å². The number of alkyl halides is 3. The van der Waals surface area contributed by atoms with Crippen LogP contribution in [0.2, 0.25) is 0 Å². The summed E-state index contributed by atoms with van der Waals surface area (Å²) in [7, 11) is 0. The summed E-state index contributed by atoms with van der Waals surface area (Å²) in [5.41, 5.74) is 4.95. The van der Waals surface area contributed by atoms with E-state index < -0.39 is 23.2 Å². The SMILES string of the molecule is CC(C)(N)CNC(=O)c1csc(-c2cccc(C(F)(F)F)c2)n1.Cl.Cl. The quantitative estimate of drug-likeness (QED) is 0.788. The third-order valence-corrected chi connectivity index (χ3v) is 3.77. The van der Waals surface area contributed by atoms with Crippen molar-refractivity contribution in [3.05, 3.63) is 40.9 Å². The van der Waals surface area contributed by atoms with E-state index in [0.29, 0.717) is 10.6 Å². The van der Waals surface area contributed by atoms with Crippen LogP contribution in [-0.2, 0) is 6.18 Å². The molecule has 25 heavy (non-hydrogen) atoms. The number of thiazole rings is 1. The second kappa shape index (κ2) is 8.84. The molecule has 1 aromatic heterocycles. The van der Waals surface area contributed by atoms with E-state index in [2.05, 4.69) is 10.3 Å². The summed E-state index contributed by atoms with van der Waals surface area (Å²) in [6.45, 7) is 3.80. The first kappa shape index (κ1) is 23.6. The number of amides is 1. The van der Waals surface area contributed by atoms with Crippen LogP contribution in [0.5, 0.6) is 0 Å². The predicted molar refractivity (Wildman–Crippen MR) is 97.6 cm³/mol. The fourth-order valence-electron chi connectivity index (χ4n) is 1.74. The molecule has 4 nitrogen and oxygen atoms in total. The molecule has 3 N–H and O–H groups in total. The van der Waals surface area contributed by atoms with E-state index in [1.807, 2.05) is 0 Å². The molecular formula is C15H18Cl2F3N3OS. The molecule has 2 rings (SSSR count). The van der Waals surface area contributed by atoms with E-state index in [9.17, 15) is 18.0 Å². The lowest BCUT2D eigenvalue weighted by Crippen LogP contribution is -2.45. The molecule has 0 aliphatic carbocycles. The average molecular weight is 416 g/mol. The summed E-state index contributed by atoms with van der Waals surface area (Å²) in [5, 5.41) is 4.50.